The first-order valence-corrected chi connectivity index (χ1v) is 11.9. The average molecular weight is 526 g/mol. The first-order chi connectivity index (χ1) is 17.7. The molecule has 0 radical (unpaired) electrons. The minimum Gasteiger partial charge on any atom is -0.443 e. The van der Waals surface area contributed by atoms with Crippen LogP contribution >= 0.6 is 0 Å². The Labute approximate surface area is 221 Å². The van der Waals surface area contributed by atoms with Crippen LogP contribution in [0, 0.1) is 0 Å². The Kier molecular flexibility index (Phi) is 9.37. The van der Waals surface area contributed by atoms with Gasteiger partial charge in [0.1, 0.15) is 19.2 Å². The highest BCUT2D eigenvalue weighted by molar-refractivity contribution is 5.85. The number of nitrogens with one attached hydrogen (secondary N) is 2. The average Bonchev–Trinajstić information content (AvgIpc) is 3.31. The van der Waals surface area contributed by atoms with Gasteiger partial charge in [-0.1, -0.05) is 43.8 Å². The van der Waals surface area contributed by atoms with Crippen LogP contribution < -0.4 is 16.4 Å². The van der Waals surface area contributed by atoms with Gasteiger partial charge in [0.05, 0.1) is 24.4 Å². The number of rotatable bonds is 9. The lowest BCUT2D eigenvalue weighted by atomic mass is 10.1. The number of carbonyl (C=O) groups excluding carboxylic acids is 3. The van der Waals surface area contributed by atoms with Crippen LogP contribution in [0.2, 0.25) is 0 Å². The molecule has 204 valence electrons. The molecule has 3 heterocycles. The molecule has 3 aromatic rings. The van der Waals surface area contributed by atoms with Gasteiger partial charge in [0, 0.05) is 13.1 Å². The van der Waals surface area contributed by atoms with E-state index >= 15 is 0 Å². The van der Waals surface area contributed by atoms with Crippen molar-refractivity contribution < 1.29 is 23.9 Å². The maximum Gasteiger partial charge on any atom is 0.410 e. The number of hydrogen-bond acceptors (Lipinski definition) is 8. The number of carbonyl (C=O) groups is 3. The third kappa shape index (κ3) is 7.05. The van der Waals surface area contributed by atoms with Crippen molar-refractivity contribution in [2.75, 3.05) is 26.2 Å². The Morgan fingerprint density at radius 1 is 1.13 bits per heavy atom. The second-order valence-electron chi connectivity index (χ2n) is 9.34. The maximum atomic E-state index is 12.8. The lowest BCUT2D eigenvalue weighted by Gasteiger charge is -2.26. The molecule has 1 fully saturated rings. The van der Waals surface area contributed by atoms with Gasteiger partial charge in [0.2, 0.25) is 11.8 Å². The van der Waals surface area contributed by atoms with Crippen LogP contribution in [0.3, 0.4) is 0 Å². The number of hydrogen-bond donors (Lipinski definition) is 3. The fraction of sp³-hybridized carbons (Fsp3) is 0.423. The van der Waals surface area contributed by atoms with E-state index < -0.39 is 17.7 Å². The third-order valence-corrected chi connectivity index (χ3v) is 5.77. The Morgan fingerprint density at radius 2 is 1.89 bits per heavy atom. The van der Waals surface area contributed by atoms with E-state index in [9.17, 15) is 14.4 Å². The van der Waals surface area contributed by atoms with Gasteiger partial charge in [-0.2, -0.15) is 0 Å². The van der Waals surface area contributed by atoms with Crippen molar-refractivity contribution in [3.63, 3.8) is 0 Å². The maximum absolute atomic E-state index is 12.8. The van der Waals surface area contributed by atoms with E-state index in [0.29, 0.717) is 36.9 Å². The Balaban J connectivity index is 0.00000400. The molecular weight excluding hydrogens is 490 g/mol. The molecule has 3 amide bonds. The molecule has 4 N–H and O–H groups in total. The lowest BCUT2D eigenvalue weighted by molar-refractivity contribution is -0.126. The second-order valence-corrected chi connectivity index (χ2v) is 9.34. The molecule has 0 aliphatic carbocycles. The molecule has 38 heavy (non-hydrogen) atoms. The SMILES string of the molecule is C.CC(C)(N)C(=O)N[C@H](COCc1ccccc1)c1nnc2cccc(COC(=O)N3CCNC(=O)C3)n12. The summed E-state index contributed by atoms with van der Waals surface area (Å²) < 4.78 is 13.1. The van der Waals surface area contributed by atoms with Crippen molar-refractivity contribution in [2.24, 2.45) is 5.73 Å². The van der Waals surface area contributed by atoms with Gasteiger partial charge in [-0.15, -0.1) is 10.2 Å². The molecule has 1 aliphatic rings. The van der Waals surface area contributed by atoms with Crippen LogP contribution in [-0.2, 0) is 32.3 Å². The number of benzene rings is 1. The molecule has 0 bridgehead atoms. The molecule has 2 aromatic heterocycles. The molecule has 1 atom stereocenters. The summed E-state index contributed by atoms with van der Waals surface area (Å²) in [6.07, 6.45) is -0.595. The smallest absolute Gasteiger partial charge is 0.410 e. The molecule has 12 heteroatoms. The summed E-state index contributed by atoms with van der Waals surface area (Å²) in [6, 6.07) is 14.3. The predicted octanol–water partition coefficient (Wildman–Crippen LogP) is 1.55. The topological polar surface area (TPSA) is 153 Å². The quantitative estimate of drug-likeness (QED) is 0.380. The van der Waals surface area contributed by atoms with Gasteiger partial charge >= 0.3 is 6.09 Å². The molecule has 12 nitrogen and oxygen atoms in total. The predicted molar refractivity (Wildman–Crippen MR) is 140 cm³/mol. The van der Waals surface area contributed by atoms with E-state index in [1.807, 2.05) is 30.3 Å². The number of amides is 3. The van der Waals surface area contributed by atoms with Crippen LogP contribution in [-0.4, -0.2) is 69.2 Å². The number of piperazine rings is 1. The molecule has 4 rings (SSSR count). The van der Waals surface area contributed by atoms with E-state index in [2.05, 4.69) is 20.8 Å². The molecular formula is C26H35N7O5. The summed E-state index contributed by atoms with van der Waals surface area (Å²) in [5, 5.41) is 14.1. The zero-order valence-corrected chi connectivity index (χ0v) is 20.8. The van der Waals surface area contributed by atoms with Crippen molar-refractivity contribution in [1.82, 2.24) is 30.1 Å². The van der Waals surface area contributed by atoms with Gasteiger partial charge in [0.15, 0.2) is 11.5 Å². The van der Waals surface area contributed by atoms with E-state index in [4.69, 9.17) is 15.2 Å². The van der Waals surface area contributed by atoms with Crippen molar-refractivity contribution in [1.29, 1.82) is 0 Å². The number of nitrogens with zero attached hydrogens (tertiary/aromatic N) is 4. The van der Waals surface area contributed by atoms with Crippen molar-refractivity contribution in [2.45, 2.75) is 46.1 Å². The molecule has 1 saturated heterocycles. The van der Waals surface area contributed by atoms with Crippen molar-refractivity contribution >= 4 is 23.6 Å². The van der Waals surface area contributed by atoms with E-state index in [-0.39, 0.29) is 39.0 Å². The van der Waals surface area contributed by atoms with E-state index in [1.54, 1.807) is 36.4 Å². The molecule has 1 aromatic carbocycles. The molecule has 0 unspecified atom stereocenters. The number of pyridine rings is 1. The number of ether oxygens (including phenoxy) is 2. The molecule has 0 spiro atoms. The van der Waals surface area contributed by atoms with Gasteiger partial charge in [-0.25, -0.2) is 4.79 Å². The first-order valence-electron chi connectivity index (χ1n) is 11.9. The van der Waals surface area contributed by atoms with E-state index in [0.717, 1.165) is 5.56 Å². The van der Waals surface area contributed by atoms with Gasteiger partial charge in [0.25, 0.3) is 0 Å². The highest BCUT2D eigenvalue weighted by Crippen LogP contribution is 2.19. The fourth-order valence-electron chi connectivity index (χ4n) is 3.78. The summed E-state index contributed by atoms with van der Waals surface area (Å²) in [4.78, 5) is 38.3. The normalized spacial score (nSPS) is 14.4. The lowest BCUT2D eigenvalue weighted by Crippen LogP contribution is -2.51. The number of fused-ring (bicyclic) bond motifs is 1. The third-order valence-electron chi connectivity index (χ3n) is 5.77. The zero-order valence-electron chi connectivity index (χ0n) is 20.8. The Bertz CT molecular complexity index is 1260. The summed E-state index contributed by atoms with van der Waals surface area (Å²) in [7, 11) is 0. The number of aromatic nitrogens is 3. The van der Waals surface area contributed by atoms with Gasteiger partial charge < -0.3 is 25.8 Å². The largest absolute Gasteiger partial charge is 0.443 e. The highest BCUT2D eigenvalue weighted by atomic mass is 16.6. The standard InChI is InChI=1S/C25H31N7O5.CH4/c1-25(2,26)23(34)28-19(16-36-14-17-7-4-3-5-8-17)22-30-29-20-10-6-9-18(32(20)22)15-37-24(35)31-12-11-27-21(33)13-31;/h3-10,19H,11-16,26H2,1-2H3,(H,27,33)(H,28,34);1H4/t19-;/m1./s1. The zero-order chi connectivity index (χ0) is 26.4. The van der Waals surface area contributed by atoms with Gasteiger partial charge in [-0.05, 0) is 31.5 Å². The van der Waals surface area contributed by atoms with Gasteiger partial charge in [-0.3, -0.25) is 18.9 Å². The fourth-order valence-corrected chi connectivity index (χ4v) is 3.78. The van der Waals surface area contributed by atoms with Crippen LogP contribution in [0.25, 0.3) is 5.65 Å². The summed E-state index contributed by atoms with van der Waals surface area (Å²) in [5.41, 5.74) is 6.97. The second kappa shape index (κ2) is 12.5. The molecule has 1 aliphatic heterocycles. The first kappa shape index (κ1) is 28.5. The van der Waals surface area contributed by atoms with Crippen LogP contribution in [0.4, 0.5) is 4.79 Å². The Morgan fingerprint density at radius 3 is 2.61 bits per heavy atom. The van der Waals surface area contributed by atoms with E-state index in [1.165, 1.54) is 4.90 Å². The Hall–Kier alpha value is -4.03. The minimum atomic E-state index is -1.13. The number of nitrogens with two attached hydrogens (primary N) is 1. The summed E-state index contributed by atoms with van der Waals surface area (Å²) in [5.74, 6) is -0.210. The van der Waals surface area contributed by atoms with Crippen molar-refractivity contribution in [3.8, 4) is 0 Å². The minimum absolute atomic E-state index is 0. The molecule has 0 saturated carbocycles. The van der Waals surface area contributed by atoms with Crippen molar-refractivity contribution in [3.05, 3.63) is 65.6 Å². The highest BCUT2D eigenvalue weighted by Gasteiger charge is 2.29. The summed E-state index contributed by atoms with van der Waals surface area (Å²) in [6.45, 7) is 4.26. The summed E-state index contributed by atoms with van der Waals surface area (Å²) >= 11 is 0. The van der Waals surface area contributed by atoms with Crippen LogP contribution in [0.15, 0.2) is 48.5 Å². The van der Waals surface area contributed by atoms with Crippen LogP contribution in [0.5, 0.6) is 0 Å². The monoisotopic (exact) mass is 525 g/mol. The van der Waals surface area contributed by atoms with Crippen LogP contribution in [0.1, 0.15) is 44.4 Å².